The van der Waals surface area contributed by atoms with Crippen molar-refractivity contribution in [3.05, 3.63) is 32.8 Å². The Kier molecular flexibility index (Phi) is 4.53. The van der Waals surface area contributed by atoms with Gasteiger partial charge in [0, 0.05) is 6.07 Å². The summed E-state index contributed by atoms with van der Waals surface area (Å²) in [4.78, 5) is 10.0. The molecule has 0 atom stereocenters. The summed E-state index contributed by atoms with van der Waals surface area (Å²) in [7, 11) is -3.44. The van der Waals surface area contributed by atoms with Crippen LogP contribution < -0.4 is 4.72 Å². The fraction of sp³-hybridized carbons (Fsp3) is 0.400. The molecular formula is C10H13ClN2O4S. The van der Waals surface area contributed by atoms with E-state index in [2.05, 4.69) is 4.72 Å². The number of aryl methyl sites for hydroxylation is 1. The summed E-state index contributed by atoms with van der Waals surface area (Å²) in [6.07, 6.45) is 0.481. The molecule has 0 spiro atoms. The molecule has 0 aliphatic carbocycles. The van der Waals surface area contributed by atoms with E-state index in [-0.39, 0.29) is 22.2 Å². The van der Waals surface area contributed by atoms with Gasteiger partial charge in [-0.2, -0.15) is 0 Å². The first-order valence-electron chi connectivity index (χ1n) is 5.22. The van der Waals surface area contributed by atoms with Crippen molar-refractivity contribution in [2.75, 3.05) is 10.5 Å². The van der Waals surface area contributed by atoms with Gasteiger partial charge in [-0.15, -0.1) is 0 Å². The number of nitrogens with one attached hydrogen (secondary N) is 1. The van der Waals surface area contributed by atoms with E-state index in [1.54, 1.807) is 13.8 Å². The molecule has 0 heterocycles. The molecule has 0 aromatic heterocycles. The Morgan fingerprint density at radius 2 is 2.06 bits per heavy atom. The number of benzene rings is 1. The second-order valence-corrected chi connectivity index (χ2v) is 6.05. The highest BCUT2D eigenvalue weighted by Crippen LogP contribution is 2.30. The zero-order valence-electron chi connectivity index (χ0n) is 9.94. The molecule has 0 aliphatic rings. The summed E-state index contributed by atoms with van der Waals surface area (Å²) in [5.74, 6) is -0.0129. The van der Waals surface area contributed by atoms with Gasteiger partial charge in [-0.3, -0.25) is 14.8 Å². The number of nitro groups is 1. The summed E-state index contributed by atoms with van der Waals surface area (Å²) in [5, 5.41) is 10.6. The van der Waals surface area contributed by atoms with Crippen molar-refractivity contribution in [2.24, 2.45) is 0 Å². The highest BCUT2D eigenvalue weighted by atomic mass is 35.5. The second-order valence-electron chi connectivity index (χ2n) is 3.80. The first kappa shape index (κ1) is 14.7. The normalized spacial score (nSPS) is 11.3. The Labute approximate surface area is 110 Å². The monoisotopic (exact) mass is 292 g/mol. The molecule has 0 radical (unpaired) electrons. The van der Waals surface area contributed by atoms with Gasteiger partial charge in [0.25, 0.3) is 5.69 Å². The number of nitro benzene ring substituents is 1. The third kappa shape index (κ3) is 3.58. The number of hydrogen-bond acceptors (Lipinski definition) is 4. The Hall–Kier alpha value is -1.34. The van der Waals surface area contributed by atoms with Crippen LogP contribution in [0.5, 0.6) is 0 Å². The van der Waals surface area contributed by atoms with E-state index in [0.29, 0.717) is 12.0 Å². The van der Waals surface area contributed by atoms with Crippen LogP contribution in [0.1, 0.15) is 18.9 Å². The lowest BCUT2D eigenvalue weighted by Gasteiger charge is -2.10. The molecule has 1 aromatic carbocycles. The predicted octanol–water partition coefficient (Wildman–Crippen LogP) is 2.71. The molecule has 0 amide bonds. The third-order valence-electron chi connectivity index (χ3n) is 2.23. The lowest BCUT2D eigenvalue weighted by atomic mass is 10.2. The predicted molar refractivity (Wildman–Crippen MR) is 70.5 cm³/mol. The van der Waals surface area contributed by atoms with Crippen molar-refractivity contribution >= 4 is 33.0 Å². The van der Waals surface area contributed by atoms with Gasteiger partial charge in [0.15, 0.2) is 0 Å². The van der Waals surface area contributed by atoms with Crippen LogP contribution in [0.25, 0.3) is 0 Å². The minimum atomic E-state index is -3.44. The van der Waals surface area contributed by atoms with E-state index >= 15 is 0 Å². The number of nitrogens with zero attached hydrogens (tertiary/aromatic N) is 1. The first-order valence-corrected chi connectivity index (χ1v) is 7.25. The van der Waals surface area contributed by atoms with Gasteiger partial charge in [-0.1, -0.05) is 18.5 Å². The van der Waals surface area contributed by atoms with Crippen LogP contribution in [0.3, 0.4) is 0 Å². The van der Waals surface area contributed by atoms with E-state index in [4.69, 9.17) is 11.6 Å². The highest BCUT2D eigenvalue weighted by Gasteiger charge is 2.17. The highest BCUT2D eigenvalue weighted by molar-refractivity contribution is 7.92. The lowest BCUT2D eigenvalue weighted by molar-refractivity contribution is -0.384. The Balaban J connectivity index is 3.13. The molecule has 0 bridgehead atoms. The molecule has 1 rings (SSSR count). The fourth-order valence-electron chi connectivity index (χ4n) is 1.40. The van der Waals surface area contributed by atoms with Crippen molar-refractivity contribution in [3.8, 4) is 0 Å². The van der Waals surface area contributed by atoms with Crippen molar-refractivity contribution in [1.82, 2.24) is 0 Å². The van der Waals surface area contributed by atoms with Crippen LogP contribution in [-0.2, 0) is 10.0 Å². The zero-order valence-corrected chi connectivity index (χ0v) is 11.5. The molecule has 0 fully saturated rings. The minimum Gasteiger partial charge on any atom is -0.283 e. The van der Waals surface area contributed by atoms with E-state index in [0.717, 1.165) is 0 Å². The average Bonchev–Trinajstić information content (AvgIpc) is 2.21. The van der Waals surface area contributed by atoms with Crippen LogP contribution >= 0.6 is 11.6 Å². The van der Waals surface area contributed by atoms with Gasteiger partial charge in [0.05, 0.1) is 16.4 Å². The molecule has 0 unspecified atom stereocenters. The topological polar surface area (TPSA) is 89.3 Å². The van der Waals surface area contributed by atoms with Crippen LogP contribution in [0.15, 0.2) is 12.1 Å². The van der Waals surface area contributed by atoms with Crippen LogP contribution in [0.2, 0.25) is 5.02 Å². The van der Waals surface area contributed by atoms with Crippen LogP contribution in [0.4, 0.5) is 11.4 Å². The number of sulfonamides is 1. The maximum atomic E-state index is 11.6. The van der Waals surface area contributed by atoms with Gasteiger partial charge in [-0.25, -0.2) is 8.42 Å². The minimum absolute atomic E-state index is 0.0129. The van der Waals surface area contributed by atoms with Crippen molar-refractivity contribution in [1.29, 1.82) is 0 Å². The molecule has 0 saturated heterocycles. The standard InChI is InChI=1S/C10H13ClN2O4S/c1-3-4-18(16,17)12-9-6-8(11)10(13(14)15)5-7(9)2/h5-6,12H,3-4H2,1-2H3. The smallest absolute Gasteiger partial charge is 0.283 e. The van der Waals surface area contributed by atoms with E-state index < -0.39 is 14.9 Å². The summed E-state index contributed by atoms with van der Waals surface area (Å²) in [6, 6.07) is 2.49. The molecule has 1 aromatic rings. The van der Waals surface area contributed by atoms with Crippen molar-refractivity contribution in [3.63, 3.8) is 0 Å². The molecule has 18 heavy (non-hydrogen) atoms. The summed E-state index contributed by atoms with van der Waals surface area (Å²) >= 11 is 5.73. The van der Waals surface area contributed by atoms with Crippen molar-refractivity contribution in [2.45, 2.75) is 20.3 Å². The Bertz CT molecular complexity index is 571. The molecular weight excluding hydrogens is 280 g/mol. The maximum absolute atomic E-state index is 11.6. The molecule has 6 nitrogen and oxygen atoms in total. The molecule has 0 saturated carbocycles. The molecule has 100 valence electrons. The van der Waals surface area contributed by atoms with Gasteiger partial charge in [-0.05, 0) is 25.0 Å². The quantitative estimate of drug-likeness (QED) is 0.667. The largest absolute Gasteiger partial charge is 0.288 e. The zero-order chi connectivity index (χ0) is 13.9. The third-order valence-corrected chi connectivity index (χ3v) is 4.01. The van der Waals surface area contributed by atoms with Gasteiger partial charge in [0.1, 0.15) is 5.02 Å². The second kappa shape index (κ2) is 5.53. The van der Waals surface area contributed by atoms with Crippen LogP contribution in [-0.4, -0.2) is 19.1 Å². The maximum Gasteiger partial charge on any atom is 0.288 e. The van der Waals surface area contributed by atoms with Gasteiger partial charge >= 0.3 is 0 Å². The van der Waals surface area contributed by atoms with Crippen molar-refractivity contribution < 1.29 is 13.3 Å². The van der Waals surface area contributed by atoms with Gasteiger partial charge in [0.2, 0.25) is 10.0 Å². The van der Waals surface area contributed by atoms with E-state index in [1.807, 2.05) is 0 Å². The lowest BCUT2D eigenvalue weighted by Crippen LogP contribution is -2.16. The Morgan fingerprint density at radius 1 is 1.44 bits per heavy atom. The van der Waals surface area contributed by atoms with Gasteiger partial charge < -0.3 is 0 Å². The van der Waals surface area contributed by atoms with Crippen LogP contribution in [0, 0.1) is 17.0 Å². The number of hydrogen-bond donors (Lipinski definition) is 1. The number of rotatable bonds is 5. The average molecular weight is 293 g/mol. The SMILES string of the molecule is CCCS(=O)(=O)Nc1cc(Cl)c([N+](=O)[O-])cc1C. The van der Waals surface area contributed by atoms with E-state index in [1.165, 1.54) is 12.1 Å². The first-order chi connectivity index (χ1) is 8.26. The summed E-state index contributed by atoms with van der Waals surface area (Å²) in [6.45, 7) is 3.32. The molecule has 8 heteroatoms. The summed E-state index contributed by atoms with van der Waals surface area (Å²) < 4.78 is 25.5. The molecule has 1 N–H and O–H groups in total. The Morgan fingerprint density at radius 3 is 2.56 bits per heavy atom. The number of halogens is 1. The number of anilines is 1. The summed E-state index contributed by atoms with van der Waals surface area (Å²) in [5.41, 5.74) is 0.470. The van der Waals surface area contributed by atoms with E-state index in [9.17, 15) is 18.5 Å². The molecule has 0 aliphatic heterocycles. The fourth-order valence-corrected chi connectivity index (χ4v) is 2.83.